The number of carbonyl (C=O) groups excluding carboxylic acids is 1. The average Bonchev–Trinajstić information content (AvgIpc) is 2.82. The Kier molecular flexibility index (Phi) is 8.00. The molecular weight excluding hydrogens is 524 g/mol. The van der Waals surface area contributed by atoms with E-state index in [-0.39, 0.29) is 5.78 Å². The second-order valence-corrected chi connectivity index (χ2v) is 8.97. The average molecular weight is 548 g/mol. The first-order chi connectivity index (χ1) is 15.4. The first-order valence-electron chi connectivity index (χ1n) is 10.2. The van der Waals surface area contributed by atoms with Crippen molar-refractivity contribution < 1.29 is 4.79 Å². The zero-order chi connectivity index (χ0) is 23.3. The summed E-state index contributed by atoms with van der Waals surface area (Å²) < 4.78 is 1.60. The fraction of sp³-hybridized carbons (Fsp3) is 0.0690. The second kappa shape index (κ2) is 10.7. The number of hydrogen-bond acceptors (Lipinski definition) is 1. The van der Waals surface area contributed by atoms with Crippen molar-refractivity contribution in [3.8, 4) is 22.3 Å². The van der Waals surface area contributed by atoms with E-state index in [9.17, 15) is 4.79 Å². The van der Waals surface area contributed by atoms with Gasteiger partial charge in [-0.05, 0) is 80.9 Å². The van der Waals surface area contributed by atoms with Crippen molar-refractivity contribution in [3.05, 3.63) is 123 Å². The molecule has 0 aliphatic heterocycles. The van der Waals surface area contributed by atoms with E-state index >= 15 is 0 Å². The summed E-state index contributed by atoms with van der Waals surface area (Å²) in [6.07, 6.45) is 6.60. The van der Waals surface area contributed by atoms with E-state index in [1.807, 2.05) is 30.3 Å². The molecule has 160 valence electrons. The quantitative estimate of drug-likeness (QED) is 0.213. The van der Waals surface area contributed by atoms with Gasteiger partial charge in [-0.1, -0.05) is 102 Å². The molecular formula is C29H24Br2O. The smallest absolute Gasteiger partial charge is 0.186 e. The molecule has 0 aliphatic carbocycles. The summed E-state index contributed by atoms with van der Waals surface area (Å²) in [7, 11) is 0. The molecule has 0 unspecified atom stereocenters. The van der Waals surface area contributed by atoms with Crippen molar-refractivity contribution >= 4 is 43.7 Å². The molecule has 3 aromatic carbocycles. The van der Waals surface area contributed by atoms with Crippen LogP contribution in [0.3, 0.4) is 0 Å². The zero-order valence-corrected chi connectivity index (χ0v) is 21.3. The van der Waals surface area contributed by atoms with Gasteiger partial charge in [-0.3, -0.25) is 4.79 Å². The van der Waals surface area contributed by atoms with E-state index in [0.29, 0.717) is 10.1 Å². The molecule has 3 rings (SSSR count). The van der Waals surface area contributed by atoms with Crippen LogP contribution in [0.5, 0.6) is 0 Å². The number of rotatable bonds is 7. The number of benzene rings is 3. The maximum Gasteiger partial charge on any atom is 0.186 e. The van der Waals surface area contributed by atoms with Crippen LogP contribution in [0.4, 0.5) is 0 Å². The van der Waals surface area contributed by atoms with Crippen LogP contribution in [0.1, 0.15) is 16.7 Å². The molecule has 0 N–H and O–H groups in total. The van der Waals surface area contributed by atoms with Gasteiger partial charge in [-0.2, -0.15) is 0 Å². The van der Waals surface area contributed by atoms with Crippen molar-refractivity contribution in [2.75, 3.05) is 0 Å². The summed E-state index contributed by atoms with van der Waals surface area (Å²) in [6.45, 7) is 11.7. The Morgan fingerprint density at radius 1 is 0.812 bits per heavy atom. The van der Waals surface area contributed by atoms with Crippen molar-refractivity contribution in [1.29, 1.82) is 0 Å². The van der Waals surface area contributed by atoms with Crippen LogP contribution in [-0.2, 0) is 4.79 Å². The van der Waals surface area contributed by atoms with Crippen molar-refractivity contribution in [2.24, 2.45) is 0 Å². The van der Waals surface area contributed by atoms with Crippen LogP contribution in [0.25, 0.3) is 28.3 Å². The van der Waals surface area contributed by atoms with Crippen molar-refractivity contribution in [3.63, 3.8) is 0 Å². The highest BCUT2D eigenvalue weighted by Gasteiger charge is 2.19. The Morgan fingerprint density at radius 2 is 1.31 bits per heavy atom. The summed E-state index contributed by atoms with van der Waals surface area (Å²) in [5.74, 6) is -0.135. The molecule has 0 amide bonds. The van der Waals surface area contributed by atoms with Gasteiger partial charge in [-0.15, -0.1) is 0 Å². The minimum Gasteiger partial charge on any atom is -0.289 e. The number of carbonyl (C=O) groups is 1. The topological polar surface area (TPSA) is 17.1 Å². The predicted octanol–water partition coefficient (Wildman–Crippen LogP) is 9.00. The fourth-order valence-electron chi connectivity index (χ4n) is 3.79. The predicted molar refractivity (Wildman–Crippen MR) is 145 cm³/mol. The Hall–Kier alpha value is -2.75. The van der Waals surface area contributed by atoms with Crippen molar-refractivity contribution in [2.45, 2.75) is 13.8 Å². The summed E-state index contributed by atoms with van der Waals surface area (Å²) in [5, 5.41) is 0. The van der Waals surface area contributed by atoms with Crippen LogP contribution >= 0.6 is 31.9 Å². The van der Waals surface area contributed by atoms with Crippen LogP contribution in [-0.4, -0.2) is 5.78 Å². The number of hydrogen-bond donors (Lipinski definition) is 0. The van der Waals surface area contributed by atoms with E-state index in [4.69, 9.17) is 0 Å². The molecule has 0 atom stereocenters. The lowest BCUT2D eigenvalue weighted by molar-refractivity contribution is -0.111. The lowest BCUT2D eigenvalue weighted by atomic mass is 9.85. The van der Waals surface area contributed by atoms with E-state index in [0.717, 1.165) is 37.9 Å². The van der Waals surface area contributed by atoms with Gasteiger partial charge in [0.05, 0.1) is 0 Å². The number of ketones is 1. The highest BCUT2D eigenvalue weighted by Crippen LogP contribution is 2.43. The molecule has 3 aromatic rings. The van der Waals surface area contributed by atoms with Crippen LogP contribution in [0, 0.1) is 13.8 Å². The standard InChI is InChI=1S/C29H24Br2O/c1-5-23(25(30)6-2)26(32)18-17-24-19(3)27(21-13-9-7-10-14-21)28(20(4)29(24)31)22-15-11-8-12-16-22/h5-18H,1-2H2,3-4H3/b18-17+,25-23-. The Labute approximate surface area is 207 Å². The van der Waals surface area contributed by atoms with Gasteiger partial charge in [0.25, 0.3) is 0 Å². The molecule has 0 saturated carbocycles. The molecule has 3 heteroatoms. The third-order valence-electron chi connectivity index (χ3n) is 5.40. The Balaban J connectivity index is 2.26. The first-order valence-corrected chi connectivity index (χ1v) is 11.8. The van der Waals surface area contributed by atoms with Crippen LogP contribution < -0.4 is 0 Å². The summed E-state index contributed by atoms with van der Waals surface area (Å²) in [5.41, 5.74) is 8.33. The maximum atomic E-state index is 12.8. The van der Waals surface area contributed by atoms with E-state index in [1.54, 1.807) is 18.2 Å². The summed E-state index contributed by atoms with van der Waals surface area (Å²) >= 11 is 7.19. The monoisotopic (exact) mass is 546 g/mol. The minimum absolute atomic E-state index is 0.135. The lowest BCUT2D eigenvalue weighted by Gasteiger charge is -2.21. The molecule has 0 saturated heterocycles. The van der Waals surface area contributed by atoms with Gasteiger partial charge in [0.1, 0.15) is 0 Å². The molecule has 0 heterocycles. The van der Waals surface area contributed by atoms with Crippen LogP contribution in [0.15, 0.2) is 107 Å². The molecule has 0 aliphatic rings. The van der Waals surface area contributed by atoms with Crippen LogP contribution in [0.2, 0.25) is 0 Å². The zero-order valence-electron chi connectivity index (χ0n) is 18.2. The van der Waals surface area contributed by atoms with E-state index in [2.05, 4.69) is 95.3 Å². The SMILES string of the molecule is C=C/C(Br)=C(\C=C)C(=O)/C=C/c1c(C)c(-c2ccccc2)c(-c2ccccc2)c(C)c1Br. The van der Waals surface area contributed by atoms with Gasteiger partial charge >= 0.3 is 0 Å². The van der Waals surface area contributed by atoms with Gasteiger partial charge in [0.15, 0.2) is 5.78 Å². The summed E-state index contributed by atoms with van der Waals surface area (Å²) in [6, 6.07) is 20.8. The molecule has 0 aromatic heterocycles. The molecule has 1 nitrogen and oxygen atoms in total. The van der Waals surface area contributed by atoms with Gasteiger partial charge in [0, 0.05) is 14.5 Å². The first kappa shape index (κ1) is 23.9. The Bertz CT molecular complexity index is 1230. The molecule has 0 fully saturated rings. The molecule has 32 heavy (non-hydrogen) atoms. The fourth-order valence-corrected chi connectivity index (χ4v) is 4.78. The Morgan fingerprint density at radius 3 is 1.78 bits per heavy atom. The number of halogens is 2. The van der Waals surface area contributed by atoms with Gasteiger partial charge in [0.2, 0.25) is 0 Å². The van der Waals surface area contributed by atoms with Gasteiger partial charge in [-0.25, -0.2) is 0 Å². The summed E-state index contributed by atoms with van der Waals surface area (Å²) in [4.78, 5) is 12.8. The van der Waals surface area contributed by atoms with E-state index < -0.39 is 0 Å². The highest BCUT2D eigenvalue weighted by atomic mass is 79.9. The highest BCUT2D eigenvalue weighted by molar-refractivity contribution is 9.12. The minimum atomic E-state index is -0.135. The van der Waals surface area contributed by atoms with E-state index in [1.165, 1.54) is 5.56 Å². The van der Waals surface area contributed by atoms with Gasteiger partial charge < -0.3 is 0 Å². The normalized spacial score (nSPS) is 11.9. The molecule has 0 bridgehead atoms. The largest absolute Gasteiger partial charge is 0.289 e. The second-order valence-electron chi connectivity index (χ2n) is 7.33. The molecule has 0 spiro atoms. The number of allylic oxidation sites excluding steroid dienone is 5. The third-order valence-corrected chi connectivity index (χ3v) is 7.17. The molecule has 0 radical (unpaired) electrons. The third kappa shape index (κ3) is 4.85. The maximum absolute atomic E-state index is 12.8. The lowest BCUT2D eigenvalue weighted by Crippen LogP contribution is -2.00. The van der Waals surface area contributed by atoms with Crippen molar-refractivity contribution in [1.82, 2.24) is 0 Å².